The highest BCUT2D eigenvalue weighted by Crippen LogP contribution is 2.36. The molecule has 3 heterocycles. The Hall–Kier alpha value is -2.78. The van der Waals surface area contributed by atoms with Gasteiger partial charge in [0.05, 0.1) is 16.1 Å². The van der Waals surface area contributed by atoms with Crippen molar-refractivity contribution in [3.63, 3.8) is 0 Å². The number of rotatable bonds is 5. The molecule has 0 atom stereocenters. The van der Waals surface area contributed by atoms with Gasteiger partial charge in [0, 0.05) is 32.2 Å². The molecule has 33 heavy (non-hydrogen) atoms. The van der Waals surface area contributed by atoms with Gasteiger partial charge in [-0.25, -0.2) is 13.2 Å². The molecule has 0 aliphatic carbocycles. The summed E-state index contributed by atoms with van der Waals surface area (Å²) < 4.78 is 44.4. The zero-order chi connectivity index (χ0) is 22.8. The lowest BCUT2D eigenvalue weighted by molar-refractivity contribution is 0.0735. The Labute approximate surface area is 194 Å². The Bertz CT molecular complexity index is 1140. The average molecular weight is 473 g/mol. The molecule has 8 nitrogen and oxygen atoms in total. The van der Waals surface area contributed by atoms with Gasteiger partial charge in [-0.15, -0.1) is 0 Å². The predicted octanol–water partition coefficient (Wildman–Crippen LogP) is 3.80. The van der Waals surface area contributed by atoms with Crippen molar-refractivity contribution >= 4 is 21.7 Å². The van der Waals surface area contributed by atoms with Crippen LogP contribution in [0.3, 0.4) is 0 Å². The minimum Gasteiger partial charge on any atom is -0.454 e. The van der Waals surface area contributed by atoms with E-state index in [1.807, 2.05) is 0 Å². The van der Waals surface area contributed by atoms with Gasteiger partial charge in [0.1, 0.15) is 5.75 Å². The van der Waals surface area contributed by atoms with Crippen molar-refractivity contribution in [3.05, 3.63) is 42.0 Å². The molecule has 176 valence electrons. The molecule has 3 aliphatic heterocycles. The number of fused-ring (bicyclic) bond motifs is 1. The second-order valence-electron chi connectivity index (χ2n) is 8.60. The minimum atomic E-state index is -3.68. The summed E-state index contributed by atoms with van der Waals surface area (Å²) in [4.78, 5) is 15.6. The normalized spacial score (nSPS) is 18.8. The molecule has 9 heteroatoms. The fourth-order valence-electron chi connectivity index (χ4n) is 4.61. The van der Waals surface area contributed by atoms with Gasteiger partial charge in [-0.2, -0.15) is 4.31 Å². The molecule has 0 unspecified atom stereocenters. The maximum absolute atomic E-state index is 13.3. The van der Waals surface area contributed by atoms with Crippen LogP contribution in [0.1, 0.15) is 48.9 Å². The first-order chi connectivity index (χ1) is 16.0. The molecule has 0 N–H and O–H groups in total. The Balaban J connectivity index is 1.48. The molecule has 3 aliphatic rings. The topological polar surface area (TPSA) is 85.4 Å². The lowest BCUT2D eigenvalue weighted by atomic mass is 10.1. The van der Waals surface area contributed by atoms with Gasteiger partial charge >= 0.3 is 5.97 Å². The van der Waals surface area contributed by atoms with Crippen LogP contribution >= 0.6 is 0 Å². The minimum absolute atomic E-state index is 0.127. The Morgan fingerprint density at radius 1 is 0.818 bits per heavy atom. The van der Waals surface area contributed by atoms with Crippen LogP contribution in [0.15, 0.2) is 41.3 Å². The number of nitrogens with zero attached hydrogens (tertiary/aromatic N) is 2. The van der Waals surface area contributed by atoms with Crippen LogP contribution in [0, 0.1) is 0 Å². The van der Waals surface area contributed by atoms with Gasteiger partial charge in [-0.3, -0.25) is 0 Å². The zero-order valence-corrected chi connectivity index (χ0v) is 19.3. The van der Waals surface area contributed by atoms with E-state index in [0.29, 0.717) is 36.0 Å². The van der Waals surface area contributed by atoms with E-state index in [1.54, 1.807) is 30.3 Å². The van der Waals surface area contributed by atoms with Crippen molar-refractivity contribution in [1.29, 1.82) is 0 Å². The van der Waals surface area contributed by atoms with Crippen LogP contribution in [0.25, 0.3) is 0 Å². The third-order valence-electron chi connectivity index (χ3n) is 6.39. The van der Waals surface area contributed by atoms with Gasteiger partial charge in [-0.1, -0.05) is 6.42 Å². The highest BCUT2D eigenvalue weighted by molar-refractivity contribution is 7.89. The first-order valence-corrected chi connectivity index (χ1v) is 13.0. The third-order valence-corrected chi connectivity index (χ3v) is 8.29. The fourth-order valence-corrected chi connectivity index (χ4v) is 6.15. The van der Waals surface area contributed by atoms with Gasteiger partial charge in [0.2, 0.25) is 16.8 Å². The number of sulfonamides is 1. The molecule has 0 bridgehead atoms. The Kier molecular flexibility index (Phi) is 6.16. The molecular weight excluding hydrogens is 444 g/mol. The third kappa shape index (κ3) is 4.52. The van der Waals surface area contributed by atoms with Crippen LogP contribution in [-0.2, 0) is 10.0 Å². The summed E-state index contributed by atoms with van der Waals surface area (Å²) in [5, 5.41) is 0. The zero-order valence-electron chi connectivity index (χ0n) is 18.5. The van der Waals surface area contributed by atoms with Crippen LogP contribution < -0.4 is 19.1 Å². The highest BCUT2D eigenvalue weighted by Gasteiger charge is 2.29. The summed E-state index contributed by atoms with van der Waals surface area (Å²) in [6, 6.07) is 9.77. The van der Waals surface area contributed by atoms with E-state index in [9.17, 15) is 13.2 Å². The second-order valence-corrected chi connectivity index (χ2v) is 10.5. The van der Waals surface area contributed by atoms with Gasteiger partial charge in [0.15, 0.2) is 11.5 Å². The number of benzene rings is 2. The smallest absolute Gasteiger partial charge is 0.345 e. The number of hydrogen-bond acceptors (Lipinski definition) is 7. The monoisotopic (exact) mass is 472 g/mol. The van der Waals surface area contributed by atoms with E-state index in [0.717, 1.165) is 51.6 Å². The lowest BCUT2D eigenvalue weighted by Crippen LogP contribution is -2.36. The molecule has 0 saturated carbocycles. The largest absolute Gasteiger partial charge is 0.454 e. The summed E-state index contributed by atoms with van der Waals surface area (Å²) in [7, 11) is -3.68. The van der Waals surface area contributed by atoms with Crippen molar-refractivity contribution in [1.82, 2.24) is 4.31 Å². The summed E-state index contributed by atoms with van der Waals surface area (Å²) in [5.74, 6) is 0.833. The summed E-state index contributed by atoms with van der Waals surface area (Å²) in [5.41, 5.74) is 0.964. The maximum Gasteiger partial charge on any atom is 0.345 e. The molecule has 0 amide bonds. The molecular formula is C24H28N2O6S. The van der Waals surface area contributed by atoms with Crippen molar-refractivity contribution in [2.75, 3.05) is 37.9 Å². The summed E-state index contributed by atoms with van der Waals surface area (Å²) in [6.07, 6.45) is 5.95. The van der Waals surface area contributed by atoms with Crippen LogP contribution in [-0.4, -0.2) is 51.7 Å². The van der Waals surface area contributed by atoms with Crippen LogP contribution in [0.4, 0.5) is 5.69 Å². The molecule has 2 saturated heterocycles. The van der Waals surface area contributed by atoms with Gasteiger partial charge < -0.3 is 19.1 Å². The van der Waals surface area contributed by atoms with E-state index in [1.165, 1.54) is 10.4 Å². The number of ether oxygens (including phenoxy) is 3. The van der Waals surface area contributed by atoms with E-state index >= 15 is 0 Å². The first kappa shape index (κ1) is 22.0. The number of anilines is 1. The molecule has 0 radical (unpaired) electrons. The molecule has 2 fully saturated rings. The van der Waals surface area contributed by atoms with Crippen molar-refractivity contribution < 1.29 is 27.4 Å². The predicted molar refractivity (Wildman–Crippen MR) is 123 cm³/mol. The number of hydrogen-bond donors (Lipinski definition) is 0. The van der Waals surface area contributed by atoms with Gasteiger partial charge in [-0.05, 0) is 62.4 Å². The SMILES string of the molecule is O=C(Oc1ccc2c(c1)OCO2)c1cc(S(=O)(=O)N2CCCCC2)ccc1N1CCCCC1. The Morgan fingerprint density at radius 2 is 1.52 bits per heavy atom. The number of carbonyl (C=O) groups is 1. The standard InChI is InChI=1S/C24H28N2O6S/c27-24(32-18-7-10-22-23(15-18)31-17-30-22)20-16-19(33(28,29)26-13-5-2-6-14-26)8-9-21(20)25-11-3-1-4-12-25/h7-10,15-16H,1-6,11-14,17H2. The van der Waals surface area contributed by atoms with Crippen LogP contribution in [0.5, 0.6) is 17.2 Å². The van der Waals surface area contributed by atoms with E-state index in [-0.39, 0.29) is 17.3 Å². The van der Waals surface area contributed by atoms with Gasteiger partial charge in [0.25, 0.3) is 0 Å². The lowest BCUT2D eigenvalue weighted by Gasteiger charge is -2.31. The number of piperidine rings is 2. The quantitative estimate of drug-likeness (QED) is 0.483. The van der Waals surface area contributed by atoms with Crippen LogP contribution in [0.2, 0.25) is 0 Å². The molecule has 0 aromatic heterocycles. The number of carbonyl (C=O) groups excluding carboxylic acids is 1. The summed E-state index contributed by atoms with van der Waals surface area (Å²) in [6.45, 7) is 2.79. The van der Waals surface area contributed by atoms with E-state index < -0.39 is 16.0 Å². The molecule has 2 aromatic carbocycles. The van der Waals surface area contributed by atoms with E-state index in [2.05, 4.69) is 4.90 Å². The summed E-state index contributed by atoms with van der Waals surface area (Å²) >= 11 is 0. The average Bonchev–Trinajstić information content (AvgIpc) is 3.33. The molecule has 0 spiro atoms. The second kappa shape index (κ2) is 9.23. The van der Waals surface area contributed by atoms with E-state index in [4.69, 9.17) is 14.2 Å². The van der Waals surface area contributed by atoms with Crippen molar-refractivity contribution in [3.8, 4) is 17.2 Å². The van der Waals surface area contributed by atoms with Crippen molar-refractivity contribution in [2.45, 2.75) is 43.4 Å². The molecule has 5 rings (SSSR count). The van der Waals surface area contributed by atoms with Crippen molar-refractivity contribution in [2.24, 2.45) is 0 Å². The number of esters is 1. The molecule has 2 aromatic rings. The highest BCUT2D eigenvalue weighted by atomic mass is 32.2. The first-order valence-electron chi connectivity index (χ1n) is 11.5. The fraction of sp³-hybridized carbons (Fsp3) is 0.458. The Morgan fingerprint density at radius 3 is 2.27 bits per heavy atom. The maximum atomic E-state index is 13.3.